The van der Waals surface area contributed by atoms with E-state index in [1.807, 2.05) is 18.2 Å². The quantitative estimate of drug-likeness (QED) is 0.561. The van der Waals surface area contributed by atoms with Gasteiger partial charge in [0.05, 0.1) is 17.6 Å². The van der Waals surface area contributed by atoms with Gasteiger partial charge in [-0.2, -0.15) is 0 Å². The van der Waals surface area contributed by atoms with Gasteiger partial charge in [0.15, 0.2) is 0 Å². The molecule has 4 heteroatoms. The fraction of sp³-hybridized carbons (Fsp3) is 0.208. The van der Waals surface area contributed by atoms with Crippen molar-refractivity contribution in [2.45, 2.75) is 27.0 Å². The van der Waals surface area contributed by atoms with Crippen molar-refractivity contribution in [1.29, 1.82) is 0 Å². The molecule has 0 saturated heterocycles. The first kappa shape index (κ1) is 18.3. The number of methoxy groups -OCH3 is 1. The summed E-state index contributed by atoms with van der Waals surface area (Å²) in [6.07, 6.45) is 0. The molecular weight excluding hydrogens is 348 g/mol. The summed E-state index contributed by atoms with van der Waals surface area (Å²) in [5.74, 6) is -0.426. The van der Waals surface area contributed by atoms with Crippen LogP contribution in [0.5, 0.6) is 0 Å². The topological polar surface area (TPSA) is 57.2 Å². The Bertz CT molecular complexity index is 1200. The normalized spacial score (nSPS) is 11.4. The number of carbonyl (C=O) groups excluding carboxylic acids is 1. The maximum absolute atomic E-state index is 12.1. The van der Waals surface area contributed by atoms with Crippen LogP contribution in [0.25, 0.3) is 21.8 Å². The van der Waals surface area contributed by atoms with Crippen molar-refractivity contribution in [1.82, 2.24) is 4.57 Å². The number of benzene rings is 3. The Morgan fingerprint density at radius 3 is 2.61 bits per heavy atom. The van der Waals surface area contributed by atoms with E-state index in [-0.39, 0.29) is 0 Å². The zero-order chi connectivity index (χ0) is 19.8. The van der Waals surface area contributed by atoms with Gasteiger partial charge in [0.25, 0.3) is 0 Å². The molecule has 0 bridgehead atoms. The second-order valence-electron chi connectivity index (χ2n) is 7.27. The van der Waals surface area contributed by atoms with Crippen molar-refractivity contribution in [2.24, 2.45) is 5.73 Å². The van der Waals surface area contributed by atoms with Crippen LogP contribution in [0.4, 0.5) is 0 Å². The number of primary amides is 1. The Morgan fingerprint density at radius 2 is 1.89 bits per heavy atom. The fourth-order valence-electron chi connectivity index (χ4n) is 3.81. The van der Waals surface area contributed by atoms with Crippen molar-refractivity contribution in [3.05, 3.63) is 82.4 Å². The zero-order valence-electron chi connectivity index (χ0n) is 16.4. The lowest BCUT2D eigenvalue weighted by Crippen LogP contribution is -2.11. The summed E-state index contributed by atoms with van der Waals surface area (Å²) in [7, 11) is 1.68. The molecule has 4 rings (SSSR count). The summed E-state index contributed by atoms with van der Waals surface area (Å²) in [6, 6.07) is 19.6. The Kier molecular flexibility index (Phi) is 4.65. The Morgan fingerprint density at radius 1 is 1.07 bits per heavy atom. The summed E-state index contributed by atoms with van der Waals surface area (Å²) in [5, 5.41) is 1.77. The molecule has 4 aromatic rings. The number of aromatic nitrogens is 1. The lowest BCUT2D eigenvalue weighted by atomic mass is 10.0. The van der Waals surface area contributed by atoms with Gasteiger partial charge in [-0.05, 0) is 66.4 Å². The molecule has 0 spiro atoms. The van der Waals surface area contributed by atoms with Crippen LogP contribution in [0.1, 0.15) is 32.6 Å². The minimum atomic E-state index is -0.426. The summed E-state index contributed by atoms with van der Waals surface area (Å²) in [6.45, 7) is 5.46. The number of carbonyl (C=O) groups is 1. The molecule has 0 fully saturated rings. The highest BCUT2D eigenvalue weighted by atomic mass is 16.5. The molecule has 1 aromatic heterocycles. The van der Waals surface area contributed by atoms with Crippen molar-refractivity contribution >= 4 is 27.7 Å². The van der Waals surface area contributed by atoms with E-state index in [2.05, 4.69) is 48.7 Å². The number of hydrogen-bond donors (Lipinski definition) is 1. The number of ether oxygens (including phenoxy) is 1. The van der Waals surface area contributed by atoms with Crippen LogP contribution in [0.2, 0.25) is 0 Å². The van der Waals surface area contributed by atoms with Crippen LogP contribution in [-0.4, -0.2) is 17.6 Å². The minimum Gasteiger partial charge on any atom is -0.380 e. The van der Waals surface area contributed by atoms with E-state index in [0.29, 0.717) is 18.7 Å². The van der Waals surface area contributed by atoms with Gasteiger partial charge in [-0.25, -0.2) is 0 Å². The Balaban J connectivity index is 2.00. The summed E-state index contributed by atoms with van der Waals surface area (Å²) in [5.41, 5.74) is 13.0. The Hall–Kier alpha value is -3.11. The molecule has 0 aliphatic heterocycles. The van der Waals surface area contributed by atoms with E-state index in [1.165, 1.54) is 16.7 Å². The molecule has 1 radical (unpaired) electrons. The third-order valence-electron chi connectivity index (χ3n) is 5.34. The van der Waals surface area contributed by atoms with Crippen LogP contribution in [-0.2, 0) is 17.9 Å². The molecule has 4 nitrogen and oxygen atoms in total. The number of aryl methyl sites for hydroxylation is 2. The highest BCUT2D eigenvalue weighted by Gasteiger charge is 2.17. The lowest BCUT2D eigenvalue weighted by Gasteiger charge is -2.10. The third kappa shape index (κ3) is 3.06. The molecule has 1 amide bonds. The van der Waals surface area contributed by atoms with Gasteiger partial charge in [0.1, 0.15) is 0 Å². The highest BCUT2D eigenvalue weighted by molar-refractivity contribution is 6.17. The van der Waals surface area contributed by atoms with Gasteiger partial charge in [-0.1, -0.05) is 24.3 Å². The lowest BCUT2D eigenvalue weighted by molar-refractivity contribution is 0.100. The van der Waals surface area contributed by atoms with E-state index in [0.717, 1.165) is 27.4 Å². The monoisotopic (exact) mass is 371 g/mol. The molecule has 141 valence electrons. The van der Waals surface area contributed by atoms with Crippen LogP contribution in [0.3, 0.4) is 0 Å². The Labute approximate surface area is 164 Å². The molecular formula is C24H23N2O2. The SMILES string of the molecule is COCc1c[c]c2c3c(C(N)=O)cccc3n(Cc3ccc(C)c(C)c3)c2c1. The maximum Gasteiger partial charge on any atom is 0.249 e. The first-order valence-electron chi connectivity index (χ1n) is 9.30. The van der Waals surface area contributed by atoms with Gasteiger partial charge in [0, 0.05) is 30.0 Å². The molecule has 1 heterocycles. The van der Waals surface area contributed by atoms with E-state index in [4.69, 9.17) is 10.5 Å². The van der Waals surface area contributed by atoms with E-state index in [9.17, 15) is 4.79 Å². The van der Waals surface area contributed by atoms with Crippen molar-refractivity contribution in [3.8, 4) is 0 Å². The molecule has 0 saturated carbocycles. The van der Waals surface area contributed by atoms with Crippen LogP contribution < -0.4 is 5.73 Å². The smallest absolute Gasteiger partial charge is 0.249 e. The number of hydrogen-bond acceptors (Lipinski definition) is 2. The largest absolute Gasteiger partial charge is 0.380 e. The number of nitrogens with zero attached hydrogens (tertiary/aromatic N) is 1. The van der Waals surface area contributed by atoms with Gasteiger partial charge < -0.3 is 15.0 Å². The van der Waals surface area contributed by atoms with Crippen molar-refractivity contribution in [3.63, 3.8) is 0 Å². The fourth-order valence-corrected chi connectivity index (χ4v) is 3.81. The van der Waals surface area contributed by atoms with Gasteiger partial charge in [-0.3, -0.25) is 4.79 Å². The molecule has 3 aromatic carbocycles. The third-order valence-corrected chi connectivity index (χ3v) is 5.34. The van der Waals surface area contributed by atoms with Gasteiger partial charge in [0.2, 0.25) is 5.91 Å². The zero-order valence-corrected chi connectivity index (χ0v) is 16.4. The number of nitrogens with two attached hydrogens (primary N) is 1. The predicted molar refractivity (Wildman–Crippen MR) is 113 cm³/mol. The van der Waals surface area contributed by atoms with E-state index in [1.54, 1.807) is 13.2 Å². The summed E-state index contributed by atoms with van der Waals surface area (Å²) >= 11 is 0. The molecule has 0 aliphatic carbocycles. The van der Waals surface area contributed by atoms with Crippen LogP contribution in [0, 0.1) is 19.9 Å². The first-order valence-corrected chi connectivity index (χ1v) is 9.30. The second-order valence-corrected chi connectivity index (χ2v) is 7.27. The summed E-state index contributed by atoms with van der Waals surface area (Å²) in [4.78, 5) is 12.1. The average molecular weight is 371 g/mol. The minimum absolute atomic E-state index is 0.426. The number of rotatable bonds is 5. The van der Waals surface area contributed by atoms with Crippen LogP contribution >= 0.6 is 0 Å². The predicted octanol–water partition coefficient (Wildman–Crippen LogP) is 4.51. The molecule has 0 aliphatic rings. The number of amides is 1. The maximum atomic E-state index is 12.1. The number of fused-ring (bicyclic) bond motifs is 3. The molecule has 0 atom stereocenters. The first-order chi connectivity index (χ1) is 13.5. The second kappa shape index (κ2) is 7.13. The van der Waals surface area contributed by atoms with Crippen LogP contribution in [0.15, 0.2) is 48.5 Å². The van der Waals surface area contributed by atoms with Crippen molar-refractivity contribution < 1.29 is 9.53 Å². The highest BCUT2D eigenvalue weighted by Crippen LogP contribution is 2.33. The molecule has 0 unspecified atom stereocenters. The van der Waals surface area contributed by atoms with Gasteiger partial charge in [-0.15, -0.1) is 0 Å². The molecule has 28 heavy (non-hydrogen) atoms. The average Bonchev–Trinajstić information content (AvgIpc) is 2.98. The van der Waals surface area contributed by atoms with Gasteiger partial charge >= 0.3 is 0 Å². The van der Waals surface area contributed by atoms with Crippen molar-refractivity contribution in [2.75, 3.05) is 7.11 Å². The van der Waals surface area contributed by atoms with E-state index >= 15 is 0 Å². The van der Waals surface area contributed by atoms with E-state index < -0.39 is 5.91 Å². The summed E-state index contributed by atoms with van der Waals surface area (Å²) < 4.78 is 7.53. The molecule has 2 N–H and O–H groups in total. The standard InChI is InChI=1S/C24H23N2O2/c1-15-7-8-17(11-16(15)2)13-26-21-6-4-5-20(24(25)27)23(21)19-10-9-18(14-28-3)12-22(19)26/h4-9,11-12H,13-14H2,1-3H3,(H2,25,27).